The Hall–Kier alpha value is -0.720. The van der Waals surface area contributed by atoms with E-state index in [1.54, 1.807) is 6.07 Å². The Bertz CT molecular complexity index is 624. The summed E-state index contributed by atoms with van der Waals surface area (Å²) in [7, 11) is 0. The van der Waals surface area contributed by atoms with Crippen molar-refractivity contribution in [1.29, 1.82) is 5.53 Å². The number of nitrogens with two attached hydrogens (primary N) is 1. The molecule has 0 bridgehead atoms. The molecule has 0 amide bonds. The fourth-order valence-corrected chi connectivity index (χ4v) is 4.33. The summed E-state index contributed by atoms with van der Waals surface area (Å²) in [5.41, 5.74) is 14.0. The van der Waals surface area contributed by atoms with Gasteiger partial charge in [0.2, 0.25) is 0 Å². The molecule has 1 spiro atoms. The van der Waals surface area contributed by atoms with Gasteiger partial charge >= 0.3 is 0 Å². The molecular formula is C17H23Cl2N3O2. The highest BCUT2D eigenvalue weighted by Crippen LogP contribution is 2.51. The van der Waals surface area contributed by atoms with E-state index in [0.29, 0.717) is 55.5 Å². The summed E-state index contributed by atoms with van der Waals surface area (Å²) in [6, 6.07) is 5.55. The van der Waals surface area contributed by atoms with Crippen LogP contribution in [0.3, 0.4) is 0 Å². The molecule has 24 heavy (non-hydrogen) atoms. The Morgan fingerprint density at radius 1 is 1.17 bits per heavy atom. The molecular weight excluding hydrogens is 349 g/mol. The Morgan fingerprint density at radius 3 is 2.29 bits per heavy atom. The van der Waals surface area contributed by atoms with Crippen molar-refractivity contribution in [2.75, 3.05) is 19.8 Å². The van der Waals surface area contributed by atoms with Crippen LogP contribution in [0.1, 0.15) is 38.2 Å². The fourth-order valence-electron chi connectivity index (χ4n) is 4.03. The van der Waals surface area contributed by atoms with E-state index in [0.717, 1.165) is 5.56 Å². The lowest BCUT2D eigenvalue weighted by Crippen LogP contribution is -2.56. The van der Waals surface area contributed by atoms with Crippen LogP contribution < -0.4 is 5.73 Å². The summed E-state index contributed by atoms with van der Waals surface area (Å²) in [5.74, 6) is -0.499. The van der Waals surface area contributed by atoms with Gasteiger partial charge in [0.05, 0.1) is 28.8 Å². The molecule has 1 atom stereocenters. The second kappa shape index (κ2) is 6.54. The highest BCUT2D eigenvalue weighted by atomic mass is 35.5. The van der Waals surface area contributed by atoms with Crippen molar-refractivity contribution in [3.8, 4) is 0 Å². The van der Waals surface area contributed by atoms with Gasteiger partial charge < -0.3 is 15.2 Å². The minimum absolute atomic E-state index is 0.363. The summed E-state index contributed by atoms with van der Waals surface area (Å²) in [4.78, 5) is 0. The second-order valence-electron chi connectivity index (χ2n) is 6.92. The highest BCUT2D eigenvalue weighted by molar-refractivity contribution is 6.42. The molecule has 2 fully saturated rings. The zero-order valence-electron chi connectivity index (χ0n) is 13.8. The molecule has 1 aromatic carbocycles. The van der Waals surface area contributed by atoms with Crippen molar-refractivity contribution >= 4 is 23.2 Å². The van der Waals surface area contributed by atoms with Gasteiger partial charge in [-0.05, 0) is 30.5 Å². The molecule has 1 aromatic rings. The second-order valence-corrected chi connectivity index (χ2v) is 7.73. The van der Waals surface area contributed by atoms with Gasteiger partial charge in [0.15, 0.2) is 5.79 Å². The van der Waals surface area contributed by atoms with Crippen LogP contribution >= 0.6 is 23.2 Å². The third-order valence-electron chi connectivity index (χ3n) is 5.86. The van der Waals surface area contributed by atoms with Gasteiger partial charge in [0, 0.05) is 24.8 Å². The van der Waals surface area contributed by atoms with Crippen LogP contribution in [-0.2, 0) is 14.9 Å². The molecule has 0 aromatic heterocycles. The molecule has 1 saturated carbocycles. The SMILES string of the molecule is CC(CN)(c1ccc(Cl)c(Cl)c1)C1(N=N)CCC2(CC1)OCCO2. The van der Waals surface area contributed by atoms with Crippen molar-refractivity contribution in [2.24, 2.45) is 10.8 Å². The minimum atomic E-state index is -0.598. The summed E-state index contributed by atoms with van der Waals surface area (Å²) in [6.45, 7) is 3.68. The number of benzene rings is 1. The van der Waals surface area contributed by atoms with E-state index >= 15 is 0 Å². The molecule has 1 saturated heterocycles. The minimum Gasteiger partial charge on any atom is -0.348 e. The Balaban J connectivity index is 1.94. The van der Waals surface area contributed by atoms with Crippen LogP contribution in [0.4, 0.5) is 0 Å². The predicted molar refractivity (Wildman–Crippen MR) is 93.9 cm³/mol. The molecule has 1 aliphatic carbocycles. The molecule has 1 aliphatic heterocycles. The predicted octanol–water partition coefficient (Wildman–Crippen LogP) is 4.30. The maximum Gasteiger partial charge on any atom is 0.168 e. The first kappa shape index (κ1) is 18.1. The number of rotatable bonds is 4. The third kappa shape index (κ3) is 2.76. The van der Waals surface area contributed by atoms with Crippen molar-refractivity contribution in [3.05, 3.63) is 33.8 Å². The summed E-state index contributed by atoms with van der Waals surface area (Å²) in [5, 5.41) is 5.08. The standard InChI is InChI=1S/C17H23Cl2N3O2/c1-15(11-20,12-2-3-13(18)14(19)10-12)16(22-21)4-6-17(7-5-16)23-8-9-24-17/h2-3,10,21H,4-9,11,20H2,1H3. The van der Waals surface area contributed by atoms with Gasteiger partial charge in [-0.15, -0.1) is 0 Å². The monoisotopic (exact) mass is 371 g/mol. The molecule has 3 rings (SSSR count). The summed E-state index contributed by atoms with van der Waals surface area (Å²) >= 11 is 12.3. The van der Waals surface area contributed by atoms with Gasteiger partial charge in [0.1, 0.15) is 0 Å². The van der Waals surface area contributed by atoms with E-state index in [9.17, 15) is 0 Å². The van der Waals surface area contributed by atoms with E-state index in [-0.39, 0.29) is 0 Å². The Labute approximate surface area is 152 Å². The lowest BCUT2D eigenvalue weighted by molar-refractivity contribution is -0.188. The Kier molecular flexibility index (Phi) is 4.93. The van der Waals surface area contributed by atoms with E-state index in [4.69, 9.17) is 43.9 Å². The van der Waals surface area contributed by atoms with Crippen LogP contribution in [0.2, 0.25) is 10.0 Å². The maximum absolute atomic E-state index is 7.94. The van der Waals surface area contributed by atoms with Crippen LogP contribution in [0.5, 0.6) is 0 Å². The number of hydrogen-bond donors (Lipinski definition) is 2. The molecule has 132 valence electrons. The maximum atomic E-state index is 7.94. The molecule has 5 nitrogen and oxygen atoms in total. The molecule has 7 heteroatoms. The van der Waals surface area contributed by atoms with Crippen molar-refractivity contribution < 1.29 is 9.47 Å². The van der Waals surface area contributed by atoms with E-state index < -0.39 is 16.7 Å². The molecule has 0 radical (unpaired) electrons. The zero-order valence-corrected chi connectivity index (χ0v) is 15.3. The number of nitrogens with zero attached hydrogens (tertiary/aromatic N) is 1. The van der Waals surface area contributed by atoms with Crippen molar-refractivity contribution in [1.82, 2.24) is 0 Å². The first-order valence-electron chi connectivity index (χ1n) is 8.22. The average Bonchev–Trinajstić information content (AvgIpc) is 3.06. The van der Waals surface area contributed by atoms with Gasteiger partial charge in [-0.25, -0.2) is 5.53 Å². The summed E-state index contributed by atoms with van der Waals surface area (Å²) in [6.07, 6.45) is 2.80. The molecule has 2 aliphatic rings. The molecule has 3 N–H and O–H groups in total. The molecule has 1 heterocycles. The third-order valence-corrected chi connectivity index (χ3v) is 6.60. The van der Waals surface area contributed by atoms with Gasteiger partial charge in [-0.2, -0.15) is 5.11 Å². The number of halogens is 2. The van der Waals surface area contributed by atoms with Gasteiger partial charge in [-0.1, -0.05) is 36.2 Å². The van der Waals surface area contributed by atoms with E-state index in [1.165, 1.54) is 0 Å². The van der Waals surface area contributed by atoms with Crippen LogP contribution in [-0.4, -0.2) is 31.1 Å². The van der Waals surface area contributed by atoms with Crippen LogP contribution in [0.25, 0.3) is 0 Å². The van der Waals surface area contributed by atoms with Crippen LogP contribution in [0, 0.1) is 5.53 Å². The van der Waals surface area contributed by atoms with Crippen molar-refractivity contribution in [2.45, 2.75) is 49.3 Å². The van der Waals surface area contributed by atoms with Gasteiger partial charge in [0.25, 0.3) is 0 Å². The Morgan fingerprint density at radius 2 is 1.79 bits per heavy atom. The lowest BCUT2D eigenvalue weighted by atomic mass is 9.60. The normalized spacial score (nSPS) is 24.7. The summed E-state index contributed by atoms with van der Waals surface area (Å²) < 4.78 is 11.6. The number of nitrogens with one attached hydrogen (secondary N) is 1. The van der Waals surface area contributed by atoms with Crippen LogP contribution in [0.15, 0.2) is 23.3 Å². The van der Waals surface area contributed by atoms with E-state index in [1.807, 2.05) is 12.1 Å². The number of hydrogen-bond acceptors (Lipinski definition) is 5. The highest BCUT2D eigenvalue weighted by Gasteiger charge is 2.55. The number of ether oxygens (including phenoxy) is 2. The first-order valence-corrected chi connectivity index (χ1v) is 8.98. The fraction of sp³-hybridized carbons (Fsp3) is 0.647. The quantitative estimate of drug-likeness (QED) is 0.774. The first-order chi connectivity index (χ1) is 11.4. The molecule has 1 unspecified atom stereocenters. The van der Waals surface area contributed by atoms with Crippen molar-refractivity contribution in [3.63, 3.8) is 0 Å². The zero-order chi connectivity index (χ0) is 17.4. The lowest BCUT2D eigenvalue weighted by Gasteiger charge is -2.50. The smallest absolute Gasteiger partial charge is 0.168 e. The van der Waals surface area contributed by atoms with Gasteiger partial charge in [-0.3, -0.25) is 0 Å². The van der Waals surface area contributed by atoms with E-state index in [2.05, 4.69) is 12.0 Å². The topological polar surface area (TPSA) is 80.7 Å². The average molecular weight is 372 g/mol. The largest absolute Gasteiger partial charge is 0.348 e.